The van der Waals surface area contributed by atoms with E-state index in [0.717, 1.165) is 0 Å². The van der Waals surface area contributed by atoms with Gasteiger partial charge in [-0.3, -0.25) is 14.4 Å². The third-order valence-electron chi connectivity index (χ3n) is 3.91. The highest BCUT2D eigenvalue weighted by atomic mass is 32.1. The first-order valence-corrected chi connectivity index (χ1v) is 8.76. The predicted octanol–water partition coefficient (Wildman–Crippen LogP) is 1.88. The number of nitrogens with one attached hydrogen (secondary N) is 2. The molecule has 1 atom stereocenters. The van der Waals surface area contributed by atoms with Gasteiger partial charge in [-0.05, 0) is 18.1 Å². The smallest absolute Gasteiger partial charge is 0.254 e. The average molecular weight is 358 g/mol. The zero-order chi connectivity index (χ0) is 18.0. The molecule has 1 aromatic carbocycles. The molecular weight excluding hydrogens is 340 g/mol. The summed E-state index contributed by atoms with van der Waals surface area (Å²) in [6.07, 6.45) is 1.59. The SMILES string of the molecule is CC(C)[C@H]1NC(=O)c2ccccc2N(CC(=O)Nc2nccs2)C1=O. The molecule has 3 rings (SSSR count). The Labute approximate surface area is 149 Å². The van der Waals surface area contributed by atoms with Gasteiger partial charge in [0.25, 0.3) is 5.91 Å². The number of hydrogen-bond donors (Lipinski definition) is 2. The summed E-state index contributed by atoms with van der Waals surface area (Å²) in [6.45, 7) is 3.52. The number of thiazole rings is 1. The highest BCUT2D eigenvalue weighted by Crippen LogP contribution is 2.26. The topological polar surface area (TPSA) is 91.4 Å². The van der Waals surface area contributed by atoms with Crippen molar-refractivity contribution in [1.82, 2.24) is 10.3 Å². The van der Waals surface area contributed by atoms with Crippen LogP contribution in [-0.2, 0) is 9.59 Å². The summed E-state index contributed by atoms with van der Waals surface area (Å²) in [5.74, 6) is -1.08. The standard InChI is InChI=1S/C17H18N4O3S/c1-10(2)14-16(24)21(9-13(22)19-17-18-7-8-25-17)12-6-4-3-5-11(12)15(23)20-14/h3-8,10,14H,9H2,1-2H3,(H,20,23)(H,18,19,22)/t14-/m1/s1. The molecule has 1 aliphatic heterocycles. The van der Waals surface area contributed by atoms with E-state index in [1.165, 1.54) is 16.2 Å². The number of anilines is 2. The lowest BCUT2D eigenvalue weighted by molar-refractivity contribution is -0.123. The van der Waals surface area contributed by atoms with Crippen molar-refractivity contribution in [2.75, 3.05) is 16.8 Å². The molecule has 2 N–H and O–H groups in total. The van der Waals surface area contributed by atoms with Crippen molar-refractivity contribution < 1.29 is 14.4 Å². The highest BCUT2D eigenvalue weighted by Gasteiger charge is 2.36. The fraction of sp³-hybridized carbons (Fsp3) is 0.294. The van der Waals surface area contributed by atoms with Crippen LogP contribution in [0, 0.1) is 5.92 Å². The summed E-state index contributed by atoms with van der Waals surface area (Å²) >= 11 is 1.30. The second-order valence-electron chi connectivity index (χ2n) is 6.02. The van der Waals surface area contributed by atoms with Crippen molar-refractivity contribution >= 4 is 39.9 Å². The van der Waals surface area contributed by atoms with E-state index in [1.54, 1.807) is 35.8 Å². The summed E-state index contributed by atoms with van der Waals surface area (Å²) in [6, 6.07) is 6.10. The minimum atomic E-state index is -0.687. The normalized spacial score (nSPS) is 17.1. The van der Waals surface area contributed by atoms with Crippen LogP contribution in [0.3, 0.4) is 0 Å². The van der Waals surface area contributed by atoms with Crippen LogP contribution in [0.1, 0.15) is 24.2 Å². The molecule has 0 aliphatic carbocycles. The van der Waals surface area contributed by atoms with Crippen LogP contribution in [0.25, 0.3) is 0 Å². The number of carbonyl (C=O) groups excluding carboxylic acids is 3. The predicted molar refractivity (Wildman–Crippen MR) is 95.6 cm³/mol. The number of hydrogen-bond acceptors (Lipinski definition) is 5. The Morgan fingerprint density at radius 2 is 2.12 bits per heavy atom. The Morgan fingerprint density at radius 1 is 1.36 bits per heavy atom. The lowest BCUT2D eigenvalue weighted by Gasteiger charge is -2.26. The second kappa shape index (κ2) is 7.02. The fourth-order valence-corrected chi connectivity index (χ4v) is 3.22. The molecule has 0 saturated carbocycles. The number of nitrogens with zero attached hydrogens (tertiary/aromatic N) is 2. The van der Waals surface area contributed by atoms with Gasteiger partial charge < -0.3 is 15.5 Å². The van der Waals surface area contributed by atoms with Crippen LogP contribution in [-0.4, -0.2) is 35.3 Å². The van der Waals surface area contributed by atoms with Gasteiger partial charge in [-0.25, -0.2) is 4.98 Å². The summed E-state index contributed by atoms with van der Waals surface area (Å²) in [7, 11) is 0. The van der Waals surface area contributed by atoms with Gasteiger partial charge in [0, 0.05) is 11.6 Å². The van der Waals surface area contributed by atoms with E-state index < -0.39 is 6.04 Å². The third-order valence-corrected chi connectivity index (χ3v) is 4.59. The number of aromatic nitrogens is 1. The van der Waals surface area contributed by atoms with E-state index in [0.29, 0.717) is 16.4 Å². The van der Waals surface area contributed by atoms with Crippen molar-refractivity contribution in [3.63, 3.8) is 0 Å². The van der Waals surface area contributed by atoms with Crippen molar-refractivity contribution in [2.24, 2.45) is 5.92 Å². The number of fused-ring (bicyclic) bond motifs is 1. The Balaban J connectivity index is 1.92. The molecule has 8 heteroatoms. The van der Waals surface area contributed by atoms with Crippen molar-refractivity contribution in [3.05, 3.63) is 41.4 Å². The van der Waals surface area contributed by atoms with Gasteiger partial charge >= 0.3 is 0 Å². The lowest BCUT2D eigenvalue weighted by atomic mass is 10.0. The van der Waals surface area contributed by atoms with E-state index in [-0.39, 0.29) is 30.2 Å². The minimum absolute atomic E-state index is 0.102. The van der Waals surface area contributed by atoms with Gasteiger partial charge in [-0.2, -0.15) is 0 Å². The Bertz CT molecular complexity index is 804. The maximum atomic E-state index is 13.0. The van der Waals surface area contributed by atoms with Crippen LogP contribution in [0.2, 0.25) is 0 Å². The number of amides is 3. The van der Waals surface area contributed by atoms with Crippen LogP contribution >= 0.6 is 11.3 Å². The Morgan fingerprint density at radius 3 is 2.80 bits per heavy atom. The minimum Gasteiger partial charge on any atom is -0.340 e. The molecule has 1 aliphatic rings. The number of carbonyl (C=O) groups is 3. The van der Waals surface area contributed by atoms with Crippen molar-refractivity contribution in [3.8, 4) is 0 Å². The van der Waals surface area contributed by atoms with E-state index in [4.69, 9.17) is 0 Å². The molecular formula is C17H18N4O3S. The second-order valence-corrected chi connectivity index (χ2v) is 6.92. The van der Waals surface area contributed by atoms with E-state index in [2.05, 4.69) is 15.6 Å². The molecule has 25 heavy (non-hydrogen) atoms. The van der Waals surface area contributed by atoms with Gasteiger partial charge in [-0.15, -0.1) is 11.3 Å². The molecule has 0 bridgehead atoms. The van der Waals surface area contributed by atoms with Crippen LogP contribution in [0.5, 0.6) is 0 Å². The highest BCUT2D eigenvalue weighted by molar-refractivity contribution is 7.13. The molecule has 0 unspecified atom stereocenters. The van der Waals surface area contributed by atoms with Gasteiger partial charge in [0.15, 0.2) is 5.13 Å². The van der Waals surface area contributed by atoms with Crippen molar-refractivity contribution in [1.29, 1.82) is 0 Å². The molecule has 130 valence electrons. The van der Waals surface area contributed by atoms with Crippen LogP contribution in [0.15, 0.2) is 35.8 Å². The van der Waals surface area contributed by atoms with E-state index >= 15 is 0 Å². The maximum absolute atomic E-state index is 13.0. The molecule has 0 radical (unpaired) electrons. The van der Waals surface area contributed by atoms with E-state index in [1.807, 2.05) is 13.8 Å². The summed E-state index contributed by atoms with van der Waals surface area (Å²) in [5, 5.41) is 7.64. The average Bonchev–Trinajstić information content (AvgIpc) is 3.06. The van der Waals surface area contributed by atoms with Gasteiger partial charge in [0.2, 0.25) is 11.8 Å². The first kappa shape index (κ1) is 17.1. The summed E-state index contributed by atoms with van der Waals surface area (Å²) < 4.78 is 0. The molecule has 1 aromatic heterocycles. The zero-order valence-electron chi connectivity index (χ0n) is 13.9. The summed E-state index contributed by atoms with van der Waals surface area (Å²) in [4.78, 5) is 43.1. The molecule has 7 nitrogen and oxygen atoms in total. The molecule has 0 fully saturated rings. The molecule has 3 amide bonds. The van der Waals surface area contributed by atoms with Gasteiger partial charge in [0.1, 0.15) is 12.6 Å². The first-order chi connectivity index (χ1) is 12.0. The molecule has 2 aromatic rings. The molecule has 2 heterocycles. The Hall–Kier alpha value is -2.74. The lowest BCUT2D eigenvalue weighted by Crippen LogP contribution is -2.50. The monoisotopic (exact) mass is 358 g/mol. The third kappa shape index (κ3) is 3.53. The number of benzene rings is 1. The quantitative estimate of drug-likeness (QED) is 0.873. The van der Waals surface area contributed by atoms with Crippen LogP contribution in [0.4, 0.5) is 10.8 Å². The number of para-hydroxylation sites is 1. The van der Waals surface area contributed by atoms with Gasteiger partial charge in [-0.1, -0.05) is 26.0 Å². The Kier molecular flexibility index (Phi) is 4.80. The van der Waals surface area contributed by atoms with Crippen molar-refractivity contribution in [2.45, 2.75) is 19.9 Å². The fourth-order valence-electron chi connectivity index (χ4n) is 2.67. The first-order valence-electron chi connectivity index (χ1n) is 7.88. The number of rotatable bonds is 4. The zero-order valence-corrected chi connectivity index (χ0v) is 14.7. The summed E-state index contributed by atoms with van der Waals surface area (Å²) in [5.41, 5.74) is 0.809. The largest absolute Gasteiger partial charge is 0.340 e. The van der Waals surface area contributed by atoms with Gasteiger partial charge in [0.05, 0.1) is 11.3 Å². The molecule has 0 saturated heterocycles. The van der Waals surface area contributed by atoms with E-state index in [9.17, 15) is 14.4 Å². The maximum Gasteiger partial charge on any atom is 0.254 e. The van der Waals surface area contributed by atoms with Crippen LogP contribution < -0.4 is 15.5 Å². The molecule has 0 spiro atoms.